The Hall–Kier alpha value is -3.90. The summed E-state index contributed by atoms with van der Waals surface area (Å²) in [5, 5.41) is 34.6. The molecule has 0 saturated carbocycles. The van der Waals surface area contributed by atoms with Crippen LogP contribution < -0.4 is 10.1 Å². The number of methoxy groups -OCH3 is 1. The molecule has 0 bridgehead atoms. The Morgan fingerprint density at radius 3 is 2.47 bits per heavy atom. The van der Waals surface area contributed by atoms with Crippen LogP contribution >= 0.6 is 0 Å². The zero-order chi connectivity index (χ0) is 22.5. The van der Waals surface area contributed by atoms with E-state index >= 15 is 0 Å². The van der Waals surface area contributed by atoms with E-state index in [1.54, 1.807) is 0 Å². The summed E-state index contributed by atoms with van der Waals surface area (Å²) < 4.78 is 43.0. The van der Waals surface area contributed by atoms with E-state index in [1.807, 2.05) is 0 Å². The average Bonchev–Trinajstić information content (AvgIpc) is 2.67. The summed E-state index contributed by atoms with van der Waals surface area (Å²) in [6.07, 6.45) is -3.57. The molecule has 0 aliphatic carbocycles. The zero-order valence-corrected chi connectivity index (χ0v) is 15.3. The zero-order valence-electron chi connectivity index (χ0n) is 15.3. The monoisotopic (exact) mass is 428 g/mol. The molecule has 2 N–H and O–H groups in total. The molecule has 30 heavy (non-hydrogen) atoms. The molecule has 0 aromatic heterocycles. The van der Waals surface area contributed by atoms with Gasteiger partial charge in [0.2, 0.25) is 0 Å². The topological polar surface area (TPSA) is 140 Å². The first-order chi connectivity index (χ1) is 14.0. The molecule has 0 atom stereocenters. The van der Waals surface area contributed by atoms with Crippen LogP contribution in [0.4, 0.5) is 30.2 Å². The number of nitrogens with one attached hydrogen (secondary N) is 1. The molecule has 0 unspecified atom stereocenters. The van der Waals surface area contributed by atoms with Gasteiger partial charge in [-0.05, 0) is 12.1 Å². The van der Waals surface area contributed by atoms with Gasteiger partial charge in [-0.25, -0.2) is 0 Å². The molecular weight excluding hydrogens is 413 g/mol. The number of rotatable bonds is 8. The molecule has 0 radical (unpaired) electrons. The van der Waals surface area contributed by atoms with Crippen molar-refractivity contribution in [3.8, 4) is 11.5 Å². The van der Waals surface area contributed by atoms with Gasteiger partial charge >= 0.3 is 6.18 Å². The summed E-state index contributed by atoms with van der Waals surface area (Å²) in [5.74, 6) is -0.484. The first-order valence-electron chi connectivity index (χ1n) is 8.19. The molecule has 2 rings (SSSR count). The van der Waals surface area contributed by atoms with Gasteiger partial charge in [-0.3, -0.25) is 25.2 Å². The van der Waals surface area contributed by atoms with E-state index in [0.717, 1.165) is 24.4 Å². The predicted molar refractivity (Wildman–Crippen MR) is 100 cm³/mol. The first kappa shape index (κ1) is 22.4. The number of aromatic hydroxyl groups is 1. The van der Waals surface area contributed by atoms with Crippen molar-refractivity contribution >= 4 is 23.3 Å². The number of phenolic OH excluding ortho intramolecular Hbond substituents is 1. The third-order valence-corrected chi connectivity index (χ3v) is 3.83. The van der Waals surface area contributed by atoms with Gasteiger partial charge in [0.05, 0.1) is 35.1 Å². The molecule has 0 heterocycles. The Kier molecular flexibility index (Phi) is 6.77. The van der Waals surface area contributed by atoms with E-state index in [0.29, 0.717) is 12.1 Å². The number of benzene rings is 2. The standard InChI is InChI=1S/C17H15F3N4O6/c1-30-15-8-12(23(26)27)6-10(16(15)25)9-21-4-5-22-13-3-2-11(17(18,19)20)7-14(13)24(28)29/h2-3,6-9,22,25H,4-5H2,1H3. The summed E-state index contributed by atoms with van der Waals surface area (Å²) in [7, 11) is 1.22. The van der Waals surface area contributed by atoms with Crippen LogP contribution in [0.2, 0.25) is 0 Å². The number of non-ortho nitro benzene ring substituents is 1. The Morgan fingerprint density at radius 1 is 1.20 bits per heavy atom. The van der Waals surface area contributed by atoms with Crippen LogP contribution in [-0.4, -0.2) is 41.4 Å². The lowest BCUT2D eigenvalue weighted by Crippen LogP contribution is -2.10. The molecule has 160 valence electrons. The van der Waals surface area contributed by atoms with Gasteiger partial charge in [0, 0.05) is 30.5 Å². The quantitative estimate of drug-likeness (QED) is 0.282. The minimum Gasteiger partial charge on any atom is -0.504 e. The van der Waals surface area contributed by atoms with E-state index in [1.165, 1.54) is 7.11 Å². The van der Waals surface area contributed by atoms with Crippen LogP contribution in [0.3, 0.4) is 0 Å². The number of anilines is 1. The molecule has 13 heteroatoms. The van der Waals surface area contributed by atoms with E-state index in [2.05, 4.69) is 10.3 Å². The summed E-state index contributed by atoms with van der Waals surface area (Å²) in [4.78, 5) is 24.3. The maximum atomic E-state index is 12.7. The van der Waals surface area contributed by atoms with Gasteiger partial charge in [-0.1, -0.05) is 0 Å². The van der Waals surface area contributed by atoms with Gasteiger partial charge in [0.15, 0.2) is 11.5 Å². The molecule has 0 spiro atoms. The van der Waals surface area contributed by atoms with E-state index in [9.17, 15) is 38.5 Å². The lowest BCUT2D eigenvalue weighted by Gasteiger charge is -2.10. The molecule has 0 fully saturated rings. The van der Waals surface area contributed by atoms with Gasteiger partial charge < -0.3 is 15.2 Å². The molecule has 0 aliphatic heterocycles. The van der Waals surface area contributed by atoms with Crippen molar-refractivity contribution in [3.05, 3.63) is 61.7 Å². The number of aliphatic imine (C=N–C) groups is 1. The van der Waals surface area contributed by atoms with Crippen LogP contribution in [0.1, 0.15) is 11.1 Å². The smallest absolute Gasteiger partial charge is 0.416 e. The number of nitrogens with zero attached hydrogens (tertiary/aromatic N) is 3. The maximum absolute atomic E-state index is 12.7. The Bertz CT molecular complexity index is 994. The lowest BCUT2D eigenvalue weighted by molar-refractivity contribution is -0.385. The Labute approximate surface area is 166 Å². The fourth-order valence-electron chi connectivity index (χ4n) is 2.40. The molecule has 0 aliphatic rings. The summed E-state index contributed by atoms with van der Waals surface area (Å²) in [6, 6.07) is 4.21. The number of nitro benzene ring substituents is 2. The second-order valence-electron chi connectivity index (χ2n) is 5.79. The third-order valence-electron chi connectivity index (χ3n) is 3.83. The number of alkyl halides is 3. The summed E-state index contributed by atoms with van der Waals surface area (Å²) in [5.41, 5.74) is -2.32. The van der Waals surface area contributed by atoms with Crippen molar-refractivity contribution in [2.45, 2.75) is 6.18 Å². The third kappa shape index (κ3) is 5.33. The number of hydrogen-bond acceptors (Lipinski definition) is 8. The second kappa shape index (κ2) is 9.07. The van der Waals surface area contributed by atoms with Crippen molar-refractivity contribution in [2.75, 3.05) is 25.5 Å². The fraction of sp³-hybridized carbons (Fsp3) is 0.235. The molecule has 2 aromatic carbocycles. The number of nitro groups is 2. The van der Waals surface area contributed by atoms with Crippen LogP contribution in [-0.2, 0) is 6.18 Å². The maximum Gasteiger partial charge on any atom is 0.416 e. The average molecular weight is 428 g/mol. The van der Waals surface area contributed by atoms with Crippen LogP contribution in [0.15, 0.2) is 35.3 Å². The Morgan fingerprint density at radius 2 is 1.90 bits per heavy atom. The van der Waals surface area contributed by atoms with Crippen molar-refractivity contribution in [1.29, 1.82) is 0 Å². The predicted octanol–water partition coefficient (Wildman–Crippen LogP) is 3.77. The highest BCUT2D eigenvalue weighted by molar-refractivity contribution is 5.86. The largest absolute Gasteiger partial charge is 0.504 e. The van der Waals surface area contributed by atoms with Gasteiger partial charge in [0.25, 0.3) is 11.4 Å². The van der Waals surface area contributed by atoms with Crippen molar-refractivity contribution < 1.29 is 32.9 Å². The Balaban J connectivity index is 2.10. The van der Waals surface area contributed by atoms with Gasteiger partial charge in [-0.15, -0.1) is 0 Å². The summed E-state index contributed by atoms with van der Waals surface area (Å²) >= 11 is 0. The number of ether oxygens (including phenoxy) is 1. The highest BCUT2D eigenvalue weighted by Gasteiger charge is 2.33. The van der Waals surface area contributed by atoms with Crippen molar-refractivity contribution in [2.24, 2.45) is 4.99 Å². The summed E-state index contributed by atoms with van der Waals surface area (Å²) in [6.45, 7) is 0.0121. The van der Waals surface area contributed by atoms with Crippen molar-refractivity contribution in [3.63, 3.8) is 0 Å². The number of hydrogen-bond donors (Lipinski definition) is 2. The number of halogens is 3. The van der Waals surface area contributed by atoms with Crippen LogP contribution in [0.5, 0.6) is 11.5 Å². The van der Waals surface area contributed by atoms with Gasteiger partial charge in [-0.2, -0.15) is 13.2 Å². The highest BCUT2D eigenvalue weighted by atomic mass is 19.4. The van der Waals surface area contributed by atoms with E-state index in [-0.39, 0.29) is 41.5 Å². The van der Waals surface area contributed by atoms with Crippen LogP contribution in [0.25, 0.3) is 0 Å². The lowest BCUT2D eigenvalue weighted by atomic mass is 10.1. The minimum absolute atomic E-state index is 0.00260. The molecule has 10 nitrogen and oxygen atoms in total. The molecular formula is C17H15F3N4O6. The second-order valence-corrected chi connectivity index (χ2v) is 5.79. The fourth-order valence-corrected chi connectivity index (χ4v) is 2.40. The minimum atomic E-state index is -4.71. The van der Waals surface area contributed by atoms with Gasteiger partial charge in [0.1, 0.15) is 5.69 Å². The highest BCUT2D eigenvalue weighted by Crippen LogP contribution is 2.35. The van der Waals surface area contributed by atoms with Crippen molar-refractivity contribution in [1.82, 2.24) is 0 Å². The molecule has 2 aromatic rings. The SMILES string of the molecule is COc1cc([N+](=O)[O-])cc(C=NCCNc2ccc(C(F)(F)F)cc2[N+](=O)[O-])c1O. The van der Waals surface area contributed by atoms with E-state index < -0.39 is 27.3 Å². The van der Waals surface area contributed by atoms with E-state index in [4.69, 9.17) is 4.74 Å². The van der Waals surface area contributed by atoms with Crippen LogP contribution in [0, 0.1) is 20.2 Å². The first-order valence-corrected chi connectivity index (χ1v) is 8.19. The normalized spacial score (nSPS) is 11.5. The molecule has 0 saturated heterocycles. The number of phenols is 1. The molecule has 0 amide bonds.